The summed E-state index contributed by atoms with van der Waals surface area (Å²) in [6.07, 6.45) is 22.3. The average molecular weight is 358 g/mol. The first-order valence-corrected chi connectivity index (χ1v) is 9.29. The topological polar surface area (TPSA) is 74.6 Å². The largest absolute Gasteiger partial charge is 0.481 e. The van der Waals surface area contributed by atoms with Gasteiger partial charge in [0.2, 0.25) is 0 Å². The molecule has 0 radical (unpaired) electrons. The van der Waals surface area contributed by atoms with E-state index in [4.69, 9.17) is 5.11 Å². The molecule has 0 amide bonds. The third-order valence-electron chi connectivity index (χ3n) is 4.20. The fourth-order valence-electron chi connectivity index (χ4n) is 2.74. The molecule has 26 heavy (non-hydrogen) atoms. The highest BCUT2D eigenvalue weighted by molar-refractivity contribution is 5.95. The zero-order valence-electron chi connectivity index (χ0n) is 15.5. The average Bonchev–Trinajstić information content (AvgIpc) is 2.96. The van der Waals surface area contributed by atoms with Crippen LogP contribution in [0.25, 0.3) is 0 Å². The van der Waals surface area contributed by atoms with Crippen molar-refractivity contribution in [2.75, 3.05) is 0 Å². The minimum atomic E-state index is -0.895. The van der Waals surface area contributed by atoms with Crippen LogP contribution in [-0.4, -0.2) is 28.1 Å². The van der Waals surface area contributed by atoms with Gasteiger partial charge >= 0.3 is 5.97 Å². The Hall–Kier alpha value is -2.20. The van der Waals surface area contributed by atoms with E-state index in [1.54, 1.807) is 12.2 Å². The molecule has 1 aliphatic carbocycles. The normalized spacial score (nSPS) is 21.8. The summed E-state index contributed by atoms with van der Waals surface area (Å²) in [6, 6.07) is 0. The number of carbonyl (C=O) groups excluding carboxylic acids is 1. The number of aliphatic hydroxyl groups excluding tert-OH is 1. The van der Waals surface area contributed by atoms with E-state index in [0.29, 0.717) is 12.8 Å². The van der Waals surface area contributed by atoms with Crippen molar-refractivity contribution in [3.05, 3.63) is 60.8 Å². The highest BCUT2D eigenvalue weighted by atomic mass is 16.4. The van der Waals surface area contributed by atoms with Crippen LogP contribution in [-0.2, 0) is 9.59 Å². The summed E-state index contributed by atoms with van der Waals surface area (Å²) in [5, 5.41) is 18.8. The maximum atomic E-state index is 11.8. The first kappa shape index (κ1) is 21.8. The number of aliphatic carboxylic acids is 1. The highest BCUT2D eigenvalue weighted by Crippen LogP contribution is 2.28. The van der Waals surface area contributed by atoms with E-state index in [1.165, 1.54) is 6.08 Å². The van der Waals surface area contributed by atoms with E-state index in [9.17, 15) is 14.7 Å². The van der Waals surface area contributed by atoms with Crippen LogP contribution in [0, 0.1) is 11.8 Å². The number of hydrogen-bond acceptors (Lipinski definition) is 3. The second-order valence-electron chi connectivity index (χ2n) is 6.36. The van der Waals surface area contributed by atoms with Crippen molar-refractivity contribution < 1.29 is 19.8 Å². The van der Waals surface area contributed by atoms with Gasteiger partial charge in [0.05, 0.1) is 6.10 Å². The molecule has 0 spiro atoms. The summed E-state index contributed by atoms with van der Waals surface area (Å²) in [4.78, 5) is 22.5. The molecule has 0 fully saturated rings. The van der Waals surface area contributed by atoms with Gasteiger partial charge in [-0.15, -0.1) is 0 Å². The van der Waals surface area contributed by atoms with Crippen molar-refractivity contribution in [3.63, 3.8) is 0 Å². The van der Waals surface area contributed by atoms with Crippen molar-refractivity contribution in [3.8, 4) is 0 Å². The van der Waals surface area contributed by atoms with Crippen molar-refractivity contribution >= 4 is 11.8 Å². The molecule has 0 heterocycles. The van der Waals surface area contributed by atoms with Gasteiger partial charge in [0.25, 0.3) is 0 Å². The van der Waals surface area contributed by atoms with Gasteiger partial charge in [0.15, 0.2) is 5.78 Å². The Labute approximate surface area is 156 Å². The molecule has 0 aromatic rings. The van der Waals surface area contributed by atoms with Crippen molar-refractivity contribution in [1.82, 2.24) is 0 Å². The summed E-state index contributed by atoms with van der Waals surface area (Å²) < 4.78 is 0. The number of hydrogen-bond donors (Lipinski definition) is 2. The lowest BCUT2D eigenvalue weighted by molar-refractivity contribution is -0.137. The third-order valence-corrected chi connectivity index (χ3v) is 4.20. The summed E-state index contributed by atoms with van der Waals surface area (Å²) in [7, 11) is 0. The van der Waals surface area contributed by atoms with Gasteiger partial charge < -0.3 is 10.2 Å². The van der Waals surface area contributed by atoms with Crippen LogP contribution in [0.3, 0.4) is 0 Å². The molecule has 0 saturated heterocycles. The van der Waals surface area contributed by atoms with Crippen LogP contribution in [0.5, 0.6) is 0 Å². The Balaban J connectivity index is 2.32. The molecule has 1 aliphatic rings. The number of rotatable bonds is 12. The number of carboxylic acid groups (broad SMARTS) is 1. The van der Waals surface area contributed by atoms with Gasteiger partial charge in [-0.2, -0.15) is 0 Å². The molecule has 0 saturated carbocycles. The zero-order valence-corrected chi connectivity index (χ0v) is 15.5. The van der Waals surface area contributed by atoms with E-state index >= 15 is 0 Å². The van der Waals surface area contributed by atoms with Gasteiger partial charge in [-0.05, 0) is 38.2 Å². The molecule has 0 bridgehead atoms. The lowest BCUT2D eigenvalue weighted by Crippen LogP contribution is -2.16. The predicted molar refractivity (Wildman–Crippen MR) is 105 cm³/mol. The molecule has 0 unspecified atom stereocenters. The number of aliphatic hydroxyl groups is 1. The standard InChI is InChI=1S/C22H30O4/c1-2-3-4-5-6-7-8-9-10-11-19(23)14-12-18-13-16-21(24)20(18)15-17-22(25)26/h3-4,6-7,9-10,12-14,16,18-20,23H,2,5,8,11,15,17H2,1H3,(H,25,26)/b4-3-,7-6+,10-9-,14-12+/t18-,19+,20+/m0/s1. The summed E-state index contributed by atoms with van der Waals surface area (Å²) >= 11 is 0. The molecule has 142 valence electrons. The predicted octanol–water partition coefficient (Wildman–Crippen LogP) is 4.39. The first-order valence-electron chi connectivity index (χ1n) is 9.29. The minimum Gasteiger partial charge on any atom is -0.481 e. The number of carbonyl (C=O) groups is 2. The van der Waals surface area contributed by atoms with Crippen LogP contribution in [0.4, 0.5) is 0 Å². The Morgan fingerprint density at radius 2 is 1.81 bits per heavy atom. The van der Waals surface area contributed by atoms with Crippen LogP contribution in [0.15, 0.2) is 60.8 Å². The Morgan fingerprint density at radius 1 is 1.15 bits per heavy atom. The fraction of sp³-hybridized carbons (Fsp3) is 0.455. The SMILES string of the molecule is CC/C=C\C/C=C/C/C=C\C[C@@H](O)/C=C/[C@H]1C=CC(=O)[C@@H]1CCC(=O)O. The number of ketones is 1. The van der Waals surface area contributed by atoms with E-state index < -0.39 is 12.1 Å². The van der Waals surface area contributed by atoms with Crippen LogP contribution in [0.2, 0.25) is 0 Å². The quantitative estimate of drug-likeness (QED) is 0.507. The van der Waals surface area contributed by atoms with Crippen molar-refractivity contribution in [1.29, 1.82) is 0 Å². The Morgan fingerprint density at radius 3 is 2.46 bits per heavy atom. The first-order chi connectivity index (χ1) is 12.5. The summed E-state index contributed by atoms with van der Waals surface area (Å²) in [6.45, 7) is 2.11. The van der Waals surface area contributed by atoms with Gasteiger partial charge in [-0.1, -0.05) is 61.6 Å². The molecule has 4 heteroatoms. The highest BCUT2D eigenvalue weighted by Gasteiger charge is 2.28. The third kappa shape index (κ3) is 9.33. The van der Waals surface area contributed by atoms with Crippen LogP contribution >= 0.6 is 0 Å². The van der Waals surface area contributed by atoms with Gasteiger partial charge in [-0.3, -0.25) is 9.59 Å². The molecular formula is C22H30O4. The van der Waals surface area contributed by atoms with Gasteiger partial charge in [0.1, 0.15) is 0 Å². The van der Waals surface area contributed by atoms with Crippen molar-refractivity contribution in [2.24, 2.45) is 11.8 Å². The minimum absolute atomic E-state index is 0.0184. The molecule has 4 nitrogen and oxygen atoms in total. The zero-order chi connectivity index (χ0) is 19.2. The second kappa shape index (κ2) is 13.1. The summed E-state index contributed by atoms with van der Waals surface area (Å²) in [5.41, 5.74) is 0. The number of allylic oxidation sites excluding steroid dienone is 8. The molecule has 0 aliphatic heterocycles. The molecule has 1 rings (SSSR count). The Kier molecular flexibility index (Phi) is 11.0. The van der Waals surface area contributed by atoms with Crippen LogP contribution < -0.4 is 0 Å². The molecule has 2 N–H and O–H groups in total. The lowest BCUT2D eigenvalue weighted by Gasteiger charge is -2.14. The molecule has 0 aromatic carbocycles. The van der Waals surface area contributed by atoms with E-state index in [2.05, 4.69) is 31.2 Å². The van der Waals surface area contributed by atoms with Crippen molar-refractivity contribution in [2.45, 2.75) is 51.6 Å². The monoisotopic (exact) mass is 358 g/mol. The van der Waals surface area contributed by atoms with Crippen LogP contribution in [0.1, 0.15) is 45.4 Å². The molecule has 3 atom stereocenters. The molecular weight excluding hydrogens is 328 g/mol. The van der Waals surface area contributed by atoms with Gasteiger partial charge in [-0.25, -0.2) is 0 Å². The lowest BCUT2D eigenvalue weighted by atomic mass is 9.89. The molecule has 0 aromatic heterocycles. The van der Waals surface area contributed by atoms with E-state index in [0.717, 1.165) is 19.3 Å². The Bertz CT molecular complexity index is 581. The fourth-order valence-corrected chi connectivity index (χ4v) is 2.74. The second-order valence-corrected chi connectivity index (χ2v) is 6.36. The van der Waals surface area contributed by atoms with Gasteiger partial charge in [0, 0.05) is 18.3 Å². The maximum Gasteiger partial charge on any atom is 0.303 e. The van der Waals surface area contributed by atoms with E-state index in [1.807, 2.05) is 18.2 Å². The smallest absolute Gasteiger partial charge is 0.303 e. The number of carboxylic acids is 1. The summed E-state index contributed by atoms with van der Waals surface area (Å²) in [5.74, 6) is -1.37. The van der Waals surface area contributed by atoms with E-state index in [-0.39, 0.29) is 24.0 Å². The maximum absolute atomic E-state index is 11.8.